The summed E-state index contributed by atoms with van der Waals surface area (Å²) in [6.45, 7) is 0. The summed E-state index contributed by atoms with van der Waals surface area (Å²) in [5.41, 5.74) is 6.68. The fourth-order valence-corrected chi connectivity index (χ4v) is 1.42. The van der Waals surface area contributed by atoms with Crippen LogP contribution in [0.3, 0.4) is 0 Å². The molecule has 0 aliphatic heterocycles. The highest BCUT2D eigenvalue weighted by atomic mass is 35.5. The van der Waals surface area contributed by atoms with E-state index in [-0.39, 0.29) is 11.8 Å². The van der Waals surface area contributed by atoms with Crippen LogP contribution in [0.25, 0.3) is 11.3 Å². The van der Waals surface area contributed by atoms with Gasteiger partial charge in [0.25, 0.3) is 0 Å². The second-order valence-electron chi connectivity index (χ2n) is 2.79. The van der Waals surface area contributed by atoms with E-state index in [1.807, 2.05) is 0 Å². The van der Waals surface area contributed by atoms with Gasteiger partial charge in [-0.25, -0.2) is 9.37 Å². The first-order valence-corrected chi connectivity index (χ1v) is 4.31. The number of imidazole rings is 1. The summed E-state index contributed by atoms with van der Waals surface area (Å²) < 4.78 is 12.6. The Morgan fingerprint density at radius 2 is 1.93 bits per heavy atom. The Labute approximate surface area is 84.7 Å². The van der Waals surface area contributed by atoms with Gasteiger partial charge in [-0.15, -0.1) is 0 Å². The van der Waals surface area contributed by atoms with E-state index in [4.69, 9.17) is 17.3 Å². The predicted molar refractivity (Wildman–Crippen MR) is 53.4 cm³/mol. The Bertz CT molecular complexity index is 450. The maximum atomic E-state index is 12.6. The summed E-state index contributed by atoms with van der Waals surface area (Å²) in [5.74, 6) is -0.0531. The van der Waals surface area contributed by atoms with E-state index < -0.39 is 0 Å². The highest BCUT2D eigenvalue weighted by Gasteiger charge is 2.08. The van der Waals surface area contributed by atoms with Crippen molar-refractivity contribution in [2.24, 2.45) is 0 Å². The molecule has 3 N–H and O–H groups in total. The molecule has 1 aromatic carbocycles. The van der Waals surface area contributed by atoms with Crippen LogP contribution in [0, 0.1) is 5.82 Å². The van der Waals surface area contributed by atoms with Crippen LogP contribution in [-0.4, -0.2) is 9.97 Å². The standard InChI is InChI=1S/C9H7ClFN3/c10-8-7(13-9(12)14-8)5-1-3-6(11)4-2-5/h1-4H,(H3,12,13,14). The summed E-state index contributed by atoms with van der Waals surface area (Å²) >= 11 is 5.83. The smallest absolute Gasteiger partial charge is 0.199 e. The number of nitrogens with two attached hydrogens (primary N) is 1. The molecule has 0 saturated carbocycles. The lowest BCUT2D eigenvalue weighted by Gasteiger charge is -1.96. The highest BCUT2D eigenvalue weighted by molar-refractivity contribution is 6.32. The number of anilines is 1. The van der Waals surface area contributed by atoms with Crippen LogP contribution in [0.4, 0.5) is 10.3 Å². The molecule has 0 aliphatic carbocycles. The zero-order valence-electron chi connectivity index (χ0n) is 7.09. The monoisotopic (exact) mass is 211 g/mol. The van der Waals surface area contributed by atoms with E-state index in [2.05, 4.69) is 9.97 Å². The van der Waals surface area contributed by atoms with Crippen LogP contribution in [-0.2, 0) is 0 Å². The van der Waals surface area contributed by atoms with Crippen molar-refractivity contribution in [2.75, 3.05) is 5.73 Å². The van der Waals surface area contributed by atoms with Gasteiger partial charge in [-0.1, -0.05) is 11.6 Å². The number of nitrogen functional groups attached to an aromatic ring is 1. The van der Waals surface area contributed by atoms with Gasteiger partial charge in [0.1, 0.15) is 16.7 Å². The number of nitrogens with one attached hydrogen (secondary N) is 1. The fraction of sp³-hybridized carbons (Fsp3) is 0. The maximum absolute atomic E-state index is 12.6. The lowest BCUT2D eigenvalue weighted by Crippen LogP contribution is -1.85. The topological polar surface area (TPSA) is 54.7 Å². The van der Waals surface area contributed by atoms with Gasteiger partial charge >= 0.3 is 0 Å². The maximum Gasteiger partial charge on any atom is 0.199 e. The van der Waals surface area contributed by atoms with Crippen LogP contribution in [0.2, 0.25) is 5.15 Å². The van der Waals surface area contributed by atoms with Crippen molar-refractivity contribution in [1.82, 2.24) is 9.97 Å². The van der Waals surface area contributed by atoms with Gasteiger partial charge in [0.2, 0.25) is 0 Å². The fourth-order valence-electron chi connectivity index (χ4n) is 1.17. The molecule has 14 heavy (non-hydrogen) atoms. The van der Waals surface area contributed by atoms with Crippen molar-refractivity contribution >= 4 is 17.5 Å². The minimum absolute atomic E-state index is 0.245. The number of aromatic amines is 1. The van der Waals surface area contributed by atoms with Crippen molar-refractivity contribution in [3.8, 4) is 11.3 Å². The Balaban J connectivity index is 2.49. The van der Waals surface area contributed by atoms with Crippen LogP contribution in [0.5, 0.6) is 0 Å². The van der Waals surface area contributed by atoms with Crippen LogP contribution >= 0.6 is 11.6 Å². The van der Waals surface area contributed by atoms with E-state index in [0.717, 1.165) is 5.56 Å². The normalized spacial score (nSPS) is 10.4. The number of nitrogens with zero attached hydrogens (tertiary/aromatic N) is 1. The first kappa shape index (κ1) is 9.02. The molecule has 2 aromatic rings. The summed E-state index contributed by atoms with van der Waals surface area (Å²) in [6, 6.07) is 5.88. The zero-order chi connectivity index (χ0) is 10.1. The van der Waals surface area contributed by atoms with Crippen molar-refractivity contribution in [1.29, 1.82) is 0 Å². The molecule has 0 fully saturated rings. The molecule has 0 amide bonds. The Kier molecular flexibility index (Phi) is 2.13. The molecular weight excluding hydrogens is 205 g/mol. The number of H-pyrrole nitrogens is 1. The SMILES string of the molecule is Nc1nc(-c2ccc(F)cc2)c(Cl)[nH]1. The lowest BCUT2D eigenvalue weighted by atomic mass is 10.2. The Hall–Kier alpha value is -1.55. The Morgan fingerprint density at radius 1 is 1.29 bits per heavy atom. The molecule has 2 rings (SSSR count). The second-order valence-corrected chi connectivity index (χ2v) is 3.17. The van der Waals surface area contributed by atoms with Crippen LogP contribution < -0.4 is 5.73 Å². The minimum atomic E-state index is -0.298. The van der Waals surface area contributed by atoms with Crippen molar-refractivity contribution in [2.45, 2.75) is 0 Å². The van der Waals surface area contributed by atoms with Gasteiger partial charge in [0.15, 0.2) is 5.95 Å². The first-order chi connectivity index (χ1) is 6.66. The molecule has 5 heteroatoms. The molecule has 0 spiro atoms. The third-order valence-corrected chi connectivity index (χ3v) is 2.07. The Morgan fingerprint density at radius 3 is 2.43 bits per heavy atom. The van der Waals surface area contributed by atoms with Crippen molar-refractivity contribution in [3.63, 3.8) is 0 Å². The summed E-state index contributed by atoms with van der Waals surface area (Å²) in [7, 11) is 0. The largest absolute Gasteiger partial charge is 0.369 e. The van der Waals surface area contributed by atoms with Gasteiger partial charge in [-0.2, -0.15) is 0 Å². The van der Waals surface area contributed by atoms with Crippen molar-refractivity contribution < 1.29 is 4.39 Å². The molecule has 1 aromatic heterocycles. The van der Waals surface area contributed by atoms with Gasteiger partial charge in [-0.05, 0) is 24.3 Å². The average Bonchev–Trinajstić information content (AvgIpc) is 2.47. The number of rotatable bonds is 1. The van der Waals surface area contributed by atoms with Gasteiger partial charge in [-0.3, -0.25) is 0 Å². The number of halogens is 2. The van der Waals surface area contributed by atoms with E-state index >= 15 is 0 Å². The quantitative estimate of drug-likeness (QED) is 0.761. The molecule has 3 nitrogen and oxygen atoms in total. The molecule has 1 heterocycles. The van der Waals surface area contributed by atoms with Crippen molar-refractivity contribution in [3.05, 3.63) is 35.2 Å². The van der Waals surface area contributed by atoms with Gasteiger partial charge in [0, 0.05) is 5.56 Å². The number of hydrogen-bond acceptors (Lipinski definition) is 2. The van der Waals surface area contributed by atoms with E-state index in [0.29, 0.717) is 10.8 Å². The molecule has 0 saturated heterocycles. The van der Waals surface area contributed by atoms with E-state index in [1.165, 1.54) is 12.1 Å². The molecule has 72 valence electrons. The molecule has 0 aliphatic rings. The van der Waals surface area contributed by atoms with E-state index in [1.54, 1.807) is 12.1 Å². The molecule has 0 unspecified atom stereocenters. The van der Waals surface area contributed by atoms with Gasteiger partial charge < -0.3 is 10.7 Å². The molecular formula is C9H7ClFN3. The second kappa shape index (κ2) is 3.31. The van der Waals surface area contributed by atoms with E-state index in [9.17, 15) is 4.39 Å². The molecule has 0 radical (unpaired) electrons. The highest BCUT2D eigenvalue weighted by Crippen LogP contribution is 2.25. The first-order valence-electron chi connectivity index (χ1n) is 3.94. The predicted octanol–water partition coefficient (Wildman–Crippen LogP) is 2.45. The molecule has 0 atom stereocenters. The van der Waals surface area contributed by atoms with Crippen LogP contribution in [0.15, 0.2) is 24.3 Å². The number of aromatic nitrogens is 2. The summed E-state index contributed by atoms with van der Waals surface area (Å²) in [4.78, 5) is 6.64. The summed E-state index contributed by atoms with van der Waals surface area (Å²) in [5, 5.41) is 0.356. The minimum Gasteiger partial charge on any atom is -0.369 e. The van der Waals surface area contributed by atoms with Gasteiger partial charge in [0.05, 0.1) is 0 Å². The third kappa shape index (κ3) is 1.56. The third-order valence-electron chi connectivity index (χ3n) is 1.80. The lowest BCUT2D eigenvalue weighted by molar-refractivity contribution is 0.628. The van der Waals surface area contributed by atoms with Crippen LogP contribution in [0.1, 0.15) is 0 Å². The average molecular weight is 212 g/mol. The zero-order valence-corrected chi connectivity index (χ0v) is 7.85. The summed E-state index contributed by atoms with van der Waals surface area (Å²) in [6.07, 6.45) is 0. The number of hydrogen-bond donors (Lipinski definition) is 2. The number of benzene rings is 1. The molecule has 0 bridgehead atoms.